The van der Waals surface area contributed by atoms with E-state index in [1.807, 2.05) is 0 Å². The zero-order chi connectivity index (χ0) is 25.9. The molecule has 1 heterocycles. The van der Waals surface area contributed by atoms with E-state index in [1.54, 1.807) is 24.3 Å². The van der Waals surface area contributed by atoms with Crippen molar-refractivity contribution in [3.8, 4) is 0 Å². The van der Waals surface area contributed by atoms with Crippen molar-refractivity contribution in [2.24, 2.45) is 9.98 Å². The Morgan fingerprint density at radius 3 is 2.56 bits per heavy atom. The number of rotatable bonds is 3. The number of hydrogen-bond acceptors (Lipinski definition) is 7. The van der Waals surface area contributed by atoms with Crippen LogP contribution in [-0.2, 0) is 11.0 Å². The zero-order valence-corrected chi connectivity index (χ0v) is 18.8. The number of carbonyl (C=O) groups is 1. The second kappa shape index (κ2) is 10.0. The average molecular weight is 518 g/mol. The average Bonchev–Trinajstić information content (AvgIpc) is 3.01. The Balaban J connectivity index is 1.56. The summed E-state index contributed by atoms with van der Waals surface area (Å²) in [4.78, 5) is 36.6. The fourth-order valence-corrected chi connectivity index (χ4v) is 3.53. The molecule has 0 bridgehead atoms. The third-order valence-corrected chi connectivity index (χ3v) is 5.24. The van der Waals surface area contributed by atoms with Crippen LogP contribution in [0, 0.1) is 10.1 Å². The van der Waals surface area contributed by atoms with Crippen LogP contribution in [0.3, 0.4) is 0 Å². The lowest BCUT2D eigenvalue weighted by molar-refractivity contribution is -0.384. The Hall–Kier alpha value is -4.45. The number of amidine groups is 1. The first-order valence-corrected chi connectivity index (χ1v) is 10.6. The molecule has 0 spiro atoms. The van der Waals surface area contributed by atoms with Crippen molar-refractivity contribution >= 4 is 46.3 Å². The number of alkyl halides is 3. The molecule has 184 valence electrons. The Kier molecular flexibility index (Phi) is 6.88. The number of aliphatic imine (C=N–C) groups is 2. The van der Waals surface area contributed by atoms with Gasteiger partial charge in [-0.2, -0.15) is 13.2 Å². The number of hydrogen-bond donors (Lipinski definition) is 2. The standard InChI is InChI=1S/C23H15ClF3N5O4/c24-18-7-2-1-6-16(18)21-17-11-15(32(34)35)8-9-19(17)30-20(12-28-21)31-36-22(33)29-14-5-3-4-13(10-14)23(25,26)27/h1-11H,12H2,(H,29,33)(H,30,31). The van der Waals surface area contributed by atoms with E-state index in [9.17, 15) is 28.1 Å². The number of nitro benzene ring substituents is 1. The number of carbonyl (C=O) groups excluding carboxylic acids is 1. The minimum absolute atomic E-state index is 0.0614. The van der Waals surface area contributed by atoms with Crippen molar-refractivity contribution in [1.29, 1.82) is 0 Å². The molecule has 0 radical (unpaired) electrons. The van der Waals surface area contributed by atoms with Crippen LogP contribution in [0.1, 0.15) is 16.7 Å². The molecule has 0 saturated carbocycles. The number of halogens is 4. The fraction of sp³-hybridized carbons (Fsp3) is 0.0870. The number of benzene rings is 3. The van der Waals surface area contributed by atoms with Crippen molar-refractivity contribution in [3.63, 3.8) is 0 Å². The Bertz CT molecular complexity index is 1410. The maximum absolute atomic E-state index is 12.9. The van der Waals surface area contributed by atoms with E-state index in [4.69, 9.17) is 16.4 Å². The van der Waals surface area contributed by atoms with E-state index < -0.39 is 22.8 Å². The first kappa shape index (κ1) is 24.7. The van der Waals surface area contributed by atoms with Crippen LogP contribution in [0.5, 0.6) is 0 Å². The highest BCUT2D eigenvalue weighted by atomic mass is 35.5. The van der Waals surface area contributed by atoms with Crippen LogP contribution in [0.25, 0.3) is 0 Å². The quantitative estimate of drug-likeness (QED) is 0.331. The predicted octanol–water partition coefficient (Wildman–Crippen LogP) is 5.90. The summed E-state index contributed by atoms with van der Waals surface area (Å²) in [6.07, 6.45) is -5.67. The maximum Gasteiger partial charge on any atom is 0.435 e. The summed E-state index contributed by atoms with van der Waals surface area (Å²) in [6.45, 7) is -0.125. The molecule has 4 rings (SSSR count). The van der Waals surface area contributed by atoms with Crippen LogP contribution < -0.4 is 10.8 Å². The number of anilines is 1. The van der Waals surface area contributed by atoms with Gasteiger partial charge in [-0.1, -0.05) is 35.9 Å². The summed E-state index contributed by atoms with van der Waals surface area (Å²) in [5, 5.41) is 13.9. The van der Waals surface area contributed by atoms with Gasteiger partial charge in [-0.25, -0.2) is 15.3 Å². The topological polar surface area (TPSA) is 118 Å². The van der Waals surface area contributed by atoms with Crippen molar-refractivity contribution < 1.29 is 27.7 Å². The van der Waals surface area contributed by atoms with Gasteiger partial charge in [0.2, 0.25) is 0 Å². The van der Waals surface area contributed by atoms with E-state index in [0.717, 1.165) is 18.2 Å². The molecule has 13 heteroatoms. The van der Waals surface area contributed by atoms with E-state index in [0.29, 0.717) is 27.5 Å². The Morgan fingerprint density at radius 2 is 1.83 bits per heavy atom. The van der Waals surface area contributed by atoms with Crippen molar-refractivity contribution in [2.75, 3.05) is 11.9 Å². The molecule has 3 aromatic carbocycles. The molecule has 9 nitrogen and oxygen atoms in total. The Morgan fingerprint density at radius 1 is 1.06 bits per heavy atom. The second-order valence-electron chi connectivity index (χ2n) is 7.36. The molecular formula is C23H15ClF3N5O4. The number of hydroxylamine groups is 1. The lowest BCUT2D eigenvalue weighted by Gasteiger charge is -2.11. The third kappa shape index (κ3) is 5.61. The smallest absolute Gasteiger partial charge is 0.323 e. The number of fused-ring (bicyclic) bond motifs is 1. The van der Waals surface area contributed by atoms with Crippen molar-refractivity contribution in [3.05, 3.63) is 98.6 Å². The second-order valence-corrected chi connectivity index (χ2v) is 7.76. The molecule has 1 aliphatic heterocycles. The summed E-state index contributed by atoms with van der Waals surface area (Å²) >= 11 is 6.32. The predicted molar refractivity (Wildman–Crippen MR) is 127 cm³/mol. The van der Waals surface area contributed by atoms with E-state index >= 15 is 0 Å². The largest absolute Gasteiger partial charge is 0.435 e. The first-order chi connectivity index (χ1) is 17.1. The number of amides is 1. The lowest BCUT2D eigenvalue weighted by atomic mass is 10.00. The maximum atomic E-state index is 12.9. The highest BCUT2D eigenvalue weighted by Gasteiger charge is 2.30. The lowest BCUT2D eigenvalue weighted by Crippen LogP contribution is -2.31. The minimum Gasteiger partial charge on any atom is -0.323 e. The highest BCUT2D eigenvalue weighted by molar-refractivity contribution is 6.36. The van der Waals surface area contributed by atoms with Gasteiger partial charge in [0.25, 0.3) is 5.69 Å². The molecule has 0 aromatic heterocycles. The molecule has 0 aliphatic carbocycles. The monoisotopic (exact) mass is 517 g/mol. The van der Waals surface area contributed by atoms with Gasteiger partial charge in [-0.05, 0) is 30.3 Å². The molecular weight excluding hydrogens is 503 g/mol. The van der Waals surface area contributed by atoms with Crippen LogP contribution in [0.4, 0.5) is 35.0 Å². The zero-order valence-electron chi connectivity index (χ0n) is 18.0. The number of nitro groups is 1. The van der Waals surface area contributed by atoms with Gasteiger partial charge in [0, 0.05) is 34.0 Å². The molecule has 0 atom stereocenters. The molecule has 2 N–H and O–H groups in total. The first-order valence-electron chi connectivity index (χ1n) is 10.2. The minimum atomic E-state index is -4.57. The summed E-state index contributed by atoms with van der Waals surface area (Å²) in [5.74, 6) is 0.0614. The SMILES string of the molecule is O=C(Nc1cccc(C(F)(F)F)c1)ONC1=Nc2ccc([N+](=O)[O-])cc2C(c2ccccc2Cl)=NC1. The van der Waals surface area contributed by atoms with E-state index in [1.165, 1.54) is 24.3 Å². The number of non-ortho nitro benzene ring substituents is 1. The number of nitrogens with zero attached hydrogens (tertiary/aromatic N) is 3. The summed E-state index contributed by atoms with van der Waals surface area (Å²) in [7, 11) is 0. The van der Waals surface area contributed by atoms with E-state index in [2.05, 4.69) is 20.8 Å². The van der Waals surface area contributed by atoms with Gasteiger partial charge in [0.1, 0.15) is 6.54 Å². The summed E-state index contributed by atoms with van der Waals surface area (Å²) in [5.41, 5.74) is 2.57. The van der Waals surface area contributed by atoms with Gasteiger partial charge in [-0.15, -0.1) is 0 Å². The molecule has 36 heavy (non-hydrogen) atoms. The highest BCUT2D eigenvalue weighted by Crippen LogP contribution is 2.32. The van der Waals surface area contributed by atoms with Gasteiger partial charge in [-0.3, -0.25) is 20.4 Å². The Labute approximate surface area is 206 Å². The molecule has 0 unspecified atom stereocenters. The molecule has 0 saturated heterocycles. The van der Waals surface area contributed by atoms with Crippen molar-refractivity contribution in [1.82, 2.24) is 5.48 Å². The molecule has 1 aliphatic rings. The normalized spacial score (nSPS) is 13.0. The molecule has 1 amide bonds. The van der Waals surface area contributed by atoms with Crippen LogP contribution in [0.15, 0.2) is 76.7 Å². The van der Waals surface area contributed by atoms with Gasteiger partial charge >= 0.3 is 12.3 Å². The van der Waals surface area contributed by atoms with Crippen LogP contribution in [0.2, 0.25) is 5.02 Å². The molecule has 3 aromatic rings. The summed E-state index contributed by atoms with van der Waals surface area (Å²) < 4.78 is 38.6. The van der Waals surface area contributed by atoms with Crippen LogP contribution >= 0.6 is 11.6 Å². The van der Waals surface area contributed by atoms with Gasteiger partial charge in [0.05, 0.1) is 21.9 Å². The number of nitrogens with one attached hydrogen (secondary N) is 2. The van der Waals surface area contributed by atoms with Gasteiger partial charge in [0.15, 0.2) is 5.84 Å². The van der Waals surface area contributed by atoms with Crippen LogP contribution in [-0.4, -0.2) is 29.1 Å². The van der Waals surface area contributed by atoms with Crippen molar-refractivity contribution in [2.45, 2.75) is 6.18 Å². The third-order valence-electron chi connectivity index (χ3n) is 4.92. The summed E-state index contributed by atoms with van der Waals surface area (Å²) in [6, 6.07) is 14.8. The fourth-order valence-electron chi connectivity index (χ4n) is 3.31. The van der Waals surface area contributed by atoms with Gasteiger partial charge < -0.3 is 4.84 Å². The molecule has 0 fully saturated rings. The van der Waals surface area contributed by atoms with E-state index in [-0.39, 0.29) is 23.8 Å².